The monoisotopic (exact) mass is 210 g/mol. The van der Waals surface area contributed by atoms with Crippen LogP contribution in [0.15, 0.2) is 12.4 Å². The van der Waals surface area contributed by atoms with Crippen molar-refractivity contribution in [1.29, 1.82) is 0 Å². The molecule has 0 aliphatic heterocycles. The zero-order valence-electron chi connectivity index (χ0n) is 9.45. The average Bonchev–Trinajstić information content (AvgIpc) is 2.73. The number of aromatic nitrogens is 2. The first-order chi connectivity index (χ1) is 7.17. The number of amides is 1. The molecule has 0 aliphatic rings. The van der Waals surface area contributed by atoms with E-state index in [-0.39, 0.29) is 11.9 Å². The van der Waals surface area contributed by atoms with Gasteiger partial charge in [-0.25, -0.2) is 0 Å². The fraction of sp³-hybridized carbons (Fsp3) is 0.600. The summed E-state index contributed by atoms with van der Waals surface area (Å²) in [6, 6.07) is 0.141. The number of likely N-dealkylation sites (N-methyl/N-ethyl adjacent to an activating group) is 1. The molecule has 1 amide bonds. The van der Waals surface area contributed by atoms with Gasteiger partial charge in [-0.15, -0.1) is 0 Å². The standard InChI is InChI=1S/C10H18N4O/c1-4-14-7-9(5-13-14)8(2)12-6-10(15)11-3/h5,7-8,12H,4,6H2,1-3H3,(H,11,15). The van der Waals surface area contributed by atoms with Gasteiger partial charge in [-0.3, -0.25) is 9.48 Å². The van der Waals surface area contributed by atoms with Crippen molar-refractivity contribution in [3.05, 3.63) is 18.0 Å². The maximum atomic E-state index is 11.0. The molecule has 15 heavy (non-hydrogen) atoms. The van der Waals surface area contributed by atoms with E-state index in [9.17, 15) is 4.79 Å². The molecular weight excluding hydrogens is 192 g/mol. The normalized spacial score (nSPS) is 12.5. The number of nitrogens with one attached hydrogen (secondary N) is 2. The zero-order valence-corrected chi connectivity index (χ0v) is 9.45. The second-order valence-corrected chi connectivity index (χ2v) is 3.41. The molecule has 1 aromatic heterocycles. The number of aryl methyl sites for hydroxylation is 1. The number of nitrogens with zero attached hydrogens (tertiary/aromatic N) is 2. The number of hydrogen-bond donors (Lipinski definition) is 2. The largest absolute Gasteiger partial charge is 0.358 e. The summed E-state index contributed by atoms with van der Waals surface area (Å²) in [5.41, 5.74) is 1.10. The van der Waals surface area contributed by atoms with E-state index in [1.165, 1.54) is 0 Å². The van der Waals surface area contributed by atoms with Crippen LogP contribution in [0.2, 0.25) is 0 Å². The van der Waals surface area contributed by atoms with E-state index in [0.29, 0.717) is 6.54 Å². The third-order valence-corrected chi connectivity index (χ3v) is 2.32. The molecule has 1 atom stereocenters. The van der Waals surface area contributed by atoms with E-state index >= 15 is 0 Å². The van der Waals surface area contributed by atoms with Gasteiger partial charge in [0.25, 0.3) is 0 Å². The molecule has 0 fully saturated rings. The van der Waals surface area contributed by atoms with Crippen molar-refractivity contribution in [3.8, 4) is 0 Å². The van der Waals surface area contributed by atoms with E-state index in [0.717, 1.165) is 12.1 Å². The topological polar surface area (TPSA) is 59.0 Å². The lowest BCUT2D eigenvalue weighted by molar-refractivity contribution is -0.119. The highest BCUT2D eigenvalue weighted by Gasteiger charge is 2.08. The van der Waals surface area contributed by atoms with Gasteiger partial charge in [-0.05, 0) is 13.8 Å². The molecule has 0 saturated carbocycles. The highest BCUT2D eigenvalue weighted by atomic mass is 16.1. The van der Waals surface area contributed by atoms with Crippen LogP contribution in [-0.4, -0.2) is 29.3 Å². The molecule has 1 unspecified atom stereocenters. The summed E-state index contributed by atoms with van der Waals surface area (Å²) < 4.78 is 1.87. The molecular formula is C10H18N4O. The average molecular weight is 210 g/mol. The van der Waals surface area contributed by atoms with Gasteiger partial charge in [0.15, 0.2) is 0 Å². The van der Waals surface area contributed by atoms with Crippen molar-refractivity contribution in [2.45, 2.75) is 26.4 Å². The number of carbonyl (C=O) groups is 1. The molecule has 5 nitrogen and oxygen atoms in total. The summed E-state index contributed by atoms with van der Waals surface area (Å²) in [7, 11) is 1.63. The number of carbonyl (C=O) groups excluding carboxylic acids is 1. The first-order valence-corrected chi connectivity index (χ1v) is 5.13. The summed E-state index contributed by atoms with van der Waals surface area (Å²) in [5.74, 6) is -0.00951. The van der Waals surface area contributed by atoms with Crippen LogP contribution in [0.4, 0.5) is 0 Å². The van der Waals surface area contributed by atoms with Crippen molar-refractivity contribution in [2.24, 2.45) is 0 Å². The lowest BCUT2D eigenvalue weighted by atomic mass is 10.2. The Morgan fingerprint density at radius 2 is 2.40 bits per heavy atom. The Balaban J connectivity index is 2.46. The van der Waals surface area contributed by atoms with Crippen LogP contribution in [0.5, 0.6) is 0 Å². The van der Waals surface area contributed by atoms with Crippen molar-refractivity contribution in [2.75, 3.05) is 13.6 Å². The Labute approximate surface area is 89.9 Å². The SMILES string of the molecule is CCn1cc(C(C)NCC(=O)NC)cn1. The van der Waals surface area contributed by atoms with Gasteiger partial charge in [0.1, 0.15) is 0 Å². The van der Waals surface area contributed by atoms with Gasteiger partial charge in [-0.2, -0.15) is 5.10 Å². The maximum absolute atomic E-state index is 11.0. The van der Waals surface area contributed by atoms with Crippen LogP contribution in [0.25, 0.3) is 0 Å². The molecule has 0 bridgehead atoms. The predicted octanol–water partition coefficient (Wildman–Crippen LogP) is 0.300. The Bertz CT molecular complexity index is 321. The molecule has 84 valence electrons. The fourth-order valence-corrected chi connectivity index (χ4v) is 1.23. The smallest absolute Gasteiger partial charge is 0.233 e. The number of rotatable bonds is 5. The van der Waals surface area contributed by atoms with Gasteiger partial charge in [-0.1, -0.05) is 0 Å². The second-order valence-electron chi connectivity index (χ2n) is 3.41. The van der Waals surface area contributed by atoms with Gasteiger partial charge >= 0.3 is 0 Å². The second kappa shape index (κ2) is 5.50. The summed E-state index contributed by atoms with van der Waals surface area (Å²) in [5, 5.41) is 9.87. The molecule has 0 spiro atoms. The van der Waals surface area contributed by atoms with Gasteiger partial charge in [0, 0.05) is 31.4 Å². The summed E-state index contributed by atoms with van der Waals surface area (Å²) >= 11 is 0. The highest BCUT2D eigenvalue weighted by molar-refractivity contribution is 5.77. The molecule has 0 aromatic carbocycles. The molecule has 1 rings (SSSR count). The van der Waals surface area contributed by atoms with E-state index in [2.05, 4.69) is 15.7 Å². The molecule has 1 aromatic rings. The zero-order chi connectivity index (χ0) is 11.3. The highest BCUT2D eigenvalue weighted by Crippen LogP contribution is 2.09. The van der Waals surface area contributed by atoms with Crippen molar-refractivity contribution < 1.29 is 4.79 Å². The van der Waals surface area contributed by atoms with E-state index in [1.54, 1.807) is 7.05 Å². The van der Waals surface area contributed by atoms with Crippen LogP contribution in [0, 0.1) is 0 Å². The summed E-state index contributed by atoms with van der Waals surface area (Å²) in [6.07, 6.45) is 3.81. The first-order valence-electron chi connectivity index (χ1n) is 5.13. The predicted molar refractivity (Wildman–Crippen MR) is 58.4 cm³/mol. The third kappa shape index (κ3) is 3.36. The van der Waals surface area contributed by atoms with Gasteiger partial charge in [0.05, 0.1) is 12.7 Å². The Kier molecular flexibility index (Phi) is 4.30. The molecule has 0 saturated heterocycles. The number of hydrogen-bond acceptors (Lipinski definition) is 3. The first kappa shape index (κ1) is 11.7. The van der Waals surface area contributed by atoms with Gasteiger partial charge in [0.2, 0.25) is 5.91 Å². The van der Waals surface area contributed by atoms with Crippen LogP contribution in [0.1, 0.15) is 25.5 Å². The van der Waals surface area contributed by atoms with Crippen molar-refractivity contribution in [3.63, 3.8) is 0 Å². The summed E-state index contributed by atoms with van der Waals surface area (Å²) in [6.45, 7) is 5.25. The van der Waals surface area contributed by atoms with Crippen LogP contribution < -0.4 is 10.6 Å². The van der Waals surface area contributed by atoms with Gasteiger partial charge < -0.3 is 10.6 Å². The minimum Gasteiger partial charge on any atom is -0.358 e. The lowest BCUT2D eigenvalue weighted by Crippen LogP contribution is -2.32. The Morgan fingerprint density at radius 1 is 1.67 bits per heavy atom. The molecule has 2 N–H and O–H groups in total. The maximum Gasteiger partial charge on any atom is 0.233 e. The van der Waals surface area contributed by atoms with E-state index in [4.69, 9.17) is 0 Å². The Morgan fingerprint density at radius 3 is 2.93 bits per heavy atom. The third-order valence-electron chi connectivity index (χ3n) is 2.32. The fourth-order valence-electron chi connectivity index (χ4n) is 1.23. The minimum atomic E-state index is -0.00951. The quantitative estimate of drug-likeness (QED) is 0.735. The molecule has 1 heterocycles. The lowest BCUT2D eigenvalue weighted by Gasteiger charge is -2.10. The summed E-state index contributed by atoms with van der Waals surface area (Å²) in [4.78, 5) is 11.0. The van der Waals surface area contributed by atoms with Crippen LogP contribution >= 0.6 is 0 Å². The van der Waals surface area contributed by atoms with E-state index < -0.39 is 0 Å². The van der Waals surface area contributed by atoms with Crippen molar-refractivity contribution in [1.82, 2.24) is 20.4 Å². The molecule has 0 radical (unpaired) electrons. The molecule has 5 heteroatoms. The Hall–Kier alpha value is -1.36. The minimum absolute atomic E-state index is 0.00951. The van der Waals surface area contributed by atoms with Crippen LogP contribution in [-0.2, 0) is 11.3 Å². The van der Waals surface area contributed by atoms with Crippen LogP contribution in [0.3, 0.4) is 0 Å². The van der Waals surface area contributed by atoms with Crippen molar-refractivity contribution >= 4 is 5.91 Å². The van der Waals surface area contributed by atoms with E-state index in [1.807, 2.05) is 30.9 Å². The molecule has 0 aliphatic carbocycles.